The Kier molecular flexibility index (Phi) is 6.03. The number of rotatable bonds is 6. The number of allylic oxidation sites excluding steroid dienone is 1. The highest BCUT2D eigenvalue weighted by Crippen LogP contribution is 2.29. The number of aryl methyl sites for hydroxylation is 2. The van der Waals surface area contributed by atoms with Gasteiger partial charge in [0.05, 0.1) is 0 Å². The second kappa shape index (κ2) is 7.87. The first kappa shape index (κ1) is 19.9. The smallest absolute Gasteiger partial charge is 0.347 e. The van der Waals surface area contributed by atoms with Crippen LogP contribution in [-0.4, -0.2) is 22.5 Å². The highest BCUT2D eigenvalue weighted by atomic mass is 79.9. The maximum absolute atomic E-state index is 12.2. The minimum atomic E-state index is -1.32. The van der Waals surface area contributed by atoms with Crippen LogP contribution in [0.1, 0.15) is 40.9 Å². The van der Waals surface area contributed by atoms with Crippen molar-refractivity contribution < 1.29 is 19.4 Å². The Morgan fingerprint density at radius 3 is 2.12 bits per heavy atom. The Morgan fingerprint density at radius 1 is 1.08 bits per heavy atom. The van der Waals surface area contributed by atoms with Crippen molar-refractivity contribution in [2.45, 2.75) is 33.3 Å². The Labute approximate surface area is 161 Å². The topological polar surface area (TPSA) is 63.6 Å². The molecule has 4 nitrogen and oxygen atoms in total. The second-order valence-corrected chi connectivity index (χ2v) is 7.52. The van der Waals surface area contributed by atoms with Crippen LogP contribution in [0.5, 0.6) is 5.75 Å². The number of ether oxygens (including phenoxy) is 1. The molecule has 0 amide bonds. The Balaban J connectivity index is 2.23. The van der Waals surface area contributed by atoms with Gasteiger partial charge in [-0.05, 0) is 86.9 Å². The van der Waals surface area contributed by atoms with Gasteiger partial charge in [-0.15, -0.1) is 0 Å². The van der Waals surface area contributed by atoms with Crippen molar-refractivity contribution in [2.24, 2.45) is 0 Å². The number of benzene rings is 2. The molecule has 0 spiro atoms. The predicted octanol–water partition coefficient (Wildman–Crippen LogP) is 5.20. The van der Waals surface area contributed by atoms with Crippen molar-refractivity contribution in [3.8, 4) is 5.75 Å². The van der Waals surface area contributed by atoms with Crippen molar-refractivity contribution in [1.29, 1.82) is 0 Å². The van der Waals surface area contributed by atoms with E-state index in [0.717, 1.165) is 21.2 Å². The third-order valence-corrected chi connectivity index (χ3v) is 4.44. The van der Waals surface area contributed by atoms with Crippen LogP contribution in [0.4, 0.5) is 0 Å². The number of carbonyl (C=O) groups is 2. The van der Waals surface area contributed by atoms with Gasteiger partial charge in [0.25, 0.3) is 0 Å². The summed E-state index contributed by atoms with van der Waals surface area (Å²) < 4.78 is 6.61. The van der Waals surface area contributed by atoms with E-state index < -0.39 is 11.6 Å². The highest BCUT2D eigenvalue weighted by Gasteiger charge is 2.30. The SMILES string of the molecule is Cc1cc(/C=C/C(=O)c2ccc(Br)cc2)cc(C)c1OC(C)(C)C(=O)O. The van der Waals surface area contributed by atoms with E-state index in [9.17, 15) is 14.7 Å². The molecule has 0 heterocycles. The van der Waals surface area contributed by atoms with Gasteiger partial charge in [0.2, 0.25) is 0 Å². The van der Waals surface area contributed by atoms with E-state index >= 15 is 0 Å². The Hall–Kier alpha value is -2.40. The molecule has 136 valence electrons. The van der Waals surface area contributed by atoms with Crippen LogP contribution in [-0.2, 0) is 4.79 Å². The molecule has 0 radical (unpaired) electrons. The number of carboxylic acids is 1. The molecule has 5 heteroatoms. The van der Waals surface area contributed by atoms with E-state index in [0.29, 0.717) is 11.3 Å². The summed E-state index contributed by atoms with van der Waals surface area (Å²) in [6.45, 7) is 6.74. The number of hydrogen-bond donors (Lipinski definition) is 1. The number of hydrogen-bond acceptors (Lipinski definition) is 3. The molecule has 2 aromatic rings. The Bertz CT molecular complexity index is 841. The van der Waals surface area contributed by atoms with Gasteiger partial charge in [-0.25, -0.2) is 4.79 Å². The molecule has 0 aromatic heterocycles. The summed E-state index contributed by atoms with van der Waals surface area (Å²) in [6, 6.07) is 10.9. The Morgan fingerprint density at radius 2 is 1.62 bits per heavy atom. The maximum Gasteiger partial charge on any atom is 0.347 e. The summed E-state index contributed by atoms with van der Waals surface area (Å²) >= 11 is 3.34. The van der Waals surface area contributed by atoms with Gasteiger partial charge in [-0.3, -0.25) is 4.79 Å². The molecular weight excluding hydrogens is 396 g/mol. The van der Waals surface area contributed by atoms with E-state index in [4.69, 9.17) is 4.74 Å². The van der Waals surface area contributed by atoms with Crippen molar-refractivity contribution >= 4 is 33.8 Å². The predicted molar refractivity (Wildman–Crippen MR) is 106 cm³/mol. The highest BCUT2D eigenvalue weighted by molar-refractivity contribution is 9.10. The fraction of sp³-hybridized carbons (Fsp3) is 0.238. The summed E-state index contributed by atoms with van der Waals surface area (Å²) in [5.41, 5.74) is 1.78. The van der Waals surface area contributed by atoms with Crippen LogP contribution >= 0.6 is 15.9 Å². The first-order valence-corrected chi connectivity index (χ1v) is 8.91. The second-order valence-electron chi connectivity index (χ2n) is 6.61. The minimum Gasteiger partial charge on any atom is -0.478 e. The van der Waals surface area contributed by atoms with Gasteiger partial charge in [0.1, 0.15) is 5.75 Å². The third-order valence-electron chi connectivity index (χ3n) is 3.91. The fourth-order valence-electron chi connectivity index (χ4n) is 2.42. The lowest BCUT2D eigenvalue weighted by Crippen LogP contribution is -2.38. The largest absolute Gasteiger partial charge is 0.478 e. The zero-order valence-electron chi connectivity index (χ0n) is 15.2. The molecule has 0 saturated heterocycles. The monoisotopic (exact) mass is 416 g/mol. The number of ketones is 1. The van der Waals surface area contributed by atoms with Crippen molar-refractivity contribution in [3.05, 3.63) is 69.2 Å². The van der Waals surface area contributed by atoms with Crippen LogP contribution < -0.4 is 4.74 Å². The maximum atomic E-state index is 12.2. The van der Waals surface area contributed by atoms with Crippen molar-refractivity contribution in [3.63, 3.8) is 0 Å². The summed E-state index contributed by atoms with van der Waals surface area (Å²) in [5.74, 6) is -0.561. The molecule has 2 rings (SSSR count). The standard InChI is InChI=1S/C21H21BrO4/c1-13-11-15(5-10-18(23)16-6-8-17(22)9-7-16)12-14(2)19(13)26-21(3,4)20(24)25/h5-12H,1-4H3,(H,24,25)/b10-5+. The van der Waals surface area contributed by atoms with Gasteiger partial charge in [-0.1, -0.05) is 22.0 Å². The van der Waals surface area contributed by atoms with Crippen LogP contribution in [0.2, 0.25) is 0 Å². The number of carbonyl (C=O) groups excluding carboxylic acids is 1. The van der Waals surface area contributed by atoms with Gasteiger partial charge in [-0.2, -0.15) is 0 Å². The average molecular weight is 417 g/mol. The van der Waals surface area contributed by atoms with Gasteiger partial charge >= 0.3 is 5.97 Å². The molecule has 1 N–H and O–H groups in total. The molecule has 0 aliphatic rings. The molecule has 0 atom stereocenters. The molecule has 0 aliphatic heterocycles. The van der Waals surface area contributed by atoms with Gasteiger partial charge < -0.3 is 9.84 Å². The lowest BCUT2D eigenvalue weighted by molar-refractivity contribution is -0.152. The lowest BCUT2D eigenvalue weighted by atomic mass is 10.0. The van der Waals surface area contributed by atoms with E-state index in [2.05, 4.69) is 15.9 Å². The first-order chi connectivity index (χ1) is 12.1. The zero-order valence-corrected chi connectivity index (χ0v) is 16.8. The molecule has 0 bridgehead atoms. The molecule has 0 unspecified atom stereocenters. The number of halogens is 1. The molecule has 0 saturated carbocycles. The first-order valence-electron chi connectivity index (χ1n) is 8.12. The third kappa shape index (κ3) is 4.82. The fourth-order valence-corrected chi connectivity index (χ4v) is 2.69. The van der Waals surface area contributed by atoms with Crippen LogP contribution in [0.25, 0.3) is 6.08 Å². The van der Waals surface area contributed by atoms with E-state index in [1.54, 1.807) is 18.2 Å². The molecule has 0 aliphatic carbocycles. The van der Waals surface area contributed by atoms with Gasteiger partial charge in [0, 0.05) is 10.0 Å². The van der Waals surface area contributed by atoms with Crippen molar-refractivity contribution in [2.75, 3.05) is 0 Å². The molecular formula is C21H21BrO4. The van der Waals surface area contributed by atoms with Crippen LogP contribution in [0.15, 0.2) is 46.9 Å². The minimum absolute atomic E-state index is 0.0832. The van der Waals surface area contributed by atoms with Gasteiger partial charge in [0.15, 0.2) is 11.4 Å². The summed E-state index contributed by atoms with van der Waals surface area (Å²) in [5, 5.41) is 9.23. The summed E-state index contributed by atoms with van der Waals surface area (Å²) in [6.07, 6.45) is 3.27. The van der Waals surface area contributed by atoms with Crippen LogP contribution in [0, 0.1) is 13.8 Å². The molecule has 2 aromatic carbocycles. The number of carboxylic acid groups (broad SMARTS) is 1. The molecule has 0 fully saturated rings. The van der Waals surface area contributed by atoms with E-state index in [1.165, 1.54) is 19.9 Å². The van der Waals surface area contributed by atoms with E-state index in [-0.39, 0.29) is 5.78 Å². The summed E-state index contributed by atoms with van der Waals surface area (Å²) in [4.78, 5) is 23.5. The number of aliphatic carboxylic acids is 1. The van der Waals surface area contributed by atoms with Crippen molar-refractivity contribution in [1.82, 2.24) is 0 Å². The summed E-state index contributed by atoms with van der Waals surface area (Å²) in [7, 11) is 0. The molecule has 26 heavy (non-hydrogen) atoms. The van der Waals surface area contributed by atoms with Crippen LogP contribution in [0.3, 0.4) is 0 Å². The normalized spacial score (nSPS) is 11.6. The zero-order chi connectivity index (χ0) is 19.5. The lowest BCUT2D eigenvalue weighted by Gasteiger charge is -2.24. The average Bonchev–Trinajstić information content (AvgIpc) is 2.56. The van der Waals surface area contributed by atoms with E-state index in [1.807, 2.05) is 38.1 Å². The quantitative estimate of drug-likeness (QED) is 0.518.